The molecule has 0 N–H and O–H groups in total. The van der Waals surface area contributed by atoms with Crippen molar-refractivity contribution in [2.45, 2.75) is 32.3 Å². The minimum absolute atomic E-state index is 0.0276. The highest BCUT2D eigenvalue weighted by Crippen LogP contribution is 2.30. The second-order valence-corrected chi connectivity index (χ2v) is 8.06. The molecular weight excluding hydrogens is 360 g/mol. The number of carbonyl (C=O) groups excluding carboxylic acids is 1. The van der Waals surface area contributed by atoms with Gasteiger partial charge in [-0.3, -0.25) is 9.69 Å². The van der Waals surface area contributed by atoms with E-state index in [2.05, 4.69) is 37.0 Å². The minimum Gasteiger partial charge on any atom is -0.274 e. The summed E-state index contributed by atoms with van der Waals surface area (Å²) >= 11 is 3.37. The predicted octanol–water partition coefficient (Wildman–Crippen LogP) is 5.88. The van der Waals surface area contributed by atoms with Crippen LogP contribution in [-0.4, -0.2) is 10.9 Å². The molecule has 3 aromatic rings. The zero-order valence-electron chi connectivity index (χ0n) is 15.2. The zero-order valence-corrected chi connectivity index (χ0v) is 16.9. The molecule has 134 valence electrons. The Morgan fingerprint density at radius 2 is 1.88 bits per heavy atom. The van der Waals surface area contributed by atoms with Crippen LogP contribution in [0.1, 0.15) is 29.3 Å². The molecule has 2 aromatic carbocycles. The number of thioether (sulfide) groups is 1. The third-order valence-corrected chi connectivity index (χ3v) is 5.96. The third kappa shape index (κ3) is 4.54. The average molecular weight is 383 g/mol. The molecule has 0 radical (unpaired) electrons. The van der Waals surface area contributed by atoms with Crippen LogP contribution in [0.3, 0.4) is 0 Å². The number of thiazole rings is 1. The van der Waals surface area contributed by atoms with E-state index in [9.17, 15) is 4.79 Å². The maximum absolute atomic E-state index is 12.1. The van der Waals surface area contributed by atoms with Crippen LogP contribution in [0.25, 0.3) is 0 Å². The number of carbonyl (C=O) groups is 1. The highest BCUT2D eigenvalue weighted by molar-refractivity contribution is 7.97. The standard InChI is InChI=1S/C21H22N2OS2/c1-15-9-10-16(2)18(11-15)12-25-13-19-14-26-21(22-19)23(17(3)24)20-7-5-4-6-8-20/h4-11,14H,12-13H2,1-3H3. The Hall–Kier alpha value is -2.11. The Bertz CT molecular complexity index is 890. The molecule has 0 aliphatic heterocycles. The van der Waals surface area contributed by atoms with Gasteiger partial charge in [-0.25, -0.2) is 4.98 Å². The van der Waals surface area contributed by atoms with Crippen LogP contribution >= 0.6 is 23.1 Å². The van der Waals surface area contributed by atoms with Crippen molar-refractivity contribution in [3.05, 3.63) is 76.3 Å². The molecule has 0 unspecified atom stereocenters. The van der Waals surface area contributed by atoms with E-state index in [1.165, 1.54) is 28.0 Å². The lowest BCUT2D eigenvalue weighted by molar-refractivity contribution is -0.115. The summed E-state index contributed by atoms with van der Waals surface area (Å²) in [6.07, 6.45) is 0. The summed E-state index contributed by atoms with van der Waals surface area (Å²) in [6.45, 7) is 5.85. The molecule has 1 aromatic heterocycles. The molecule has 0 aliphatic carbocycles. The number of para-hydroxylation sites is 1. The van der Waals surface area contributed by atoms with Crippen LogP contribution < -0.4 is 4.90 Å². The normalized spacial score (nSPS) is 10.7. The number of hydrogen-bond donors (Lipinski definition) is 0. The number of anilines is 2. The van der Waals surface area contributed by atoms with Crippen molar-refractivity contribution >= 4 is 39.8 Å². The number of nitrogens with zero attached hydrogens (tertiary/aromatic N) is 2. The smallest absolute Gasteiger partial charge is 0.230 e. The molecular formula is C21H22N2OS2. The van der Waals surface area contributed by atoms with Gasteiger partial charge in [0.1, 0.15) is 0 Å². The Morgan fingerprint density at radius 3 is 2.62 bits per heavy atom. The van der Waals surface area contributed by atoms with Gasteiger partial charge in [0.25, 0.3) is 0 Å². The van der Waals surface area contributed by atoms with E-state index in [1.54, 1.807) is 11.8 Å². The van der Waals surface area contributed by atoms with E-state index >= 15 is 0 Å². The Kier molecular flexibility index (Phi) is 6.12. The van der Waals surface area contributed by atoms with E-state index in [0.717, 1.165) is 28.0 Å². The second kappa shape index (κ2) is 8.52. The van der Waals surface area contributed by atoms with Crippen LogP contribution in [-0.2, 0) is 16.3 Å². The van der Waals surface area contributed by atoms with Crippen molar-refractivity contribution in [1.82, 2.24) is 4.98 Å². The Morgan fingerprint density at radius 1 is 1.12 bits per heavy atom. The molecule has 26 heavy (non-hydrogen) atoms. The van der Waals surface area contributed by atoms with Gasteiger partial charge in [0.2, 0.25) is 5.91 Å². The lowest BCUT2D eigenvalue weighted by Gasteiger charge is -2.17. The lowest BCUT2D eigenvalue weighted by atomic mass is 10.1. The van der Waals surface area contributed by atoms with E-state index < -0.39 is 0 Å². The van der Waals surface area contributed by atoms with E-state index in [0.29, 0.717) is 0 Å². The quantitative estimate of drug-likeness (QED) is 0.534. The lowest BCUT2D eigenvalue weighted by Crippen LogP contribution is -2.22. The Balaban J connectivity index is 1.67. The number of amides is 1. The first-order valence-electron chi connectivity index (χ1n) is 8.48. The Labute approximate surface area is 163 Å². The first-order valence-corrected chi connectivity index (χ1v) is 10.5. The van der Waals surface area contributed by atoms with Crippen molar-refractivity contribution in [1.29, 1.82) is 0 Å². The van der Waals surface area contributed by atoms with Gasteiger partial charge >= 0.3 is 0 Å². The first-order chi connectivity index (χ1) is 12.5. The molecule has 0 atom stereocenters. The fourth-order valence-electron chi connectivity index (χ4n) is 2.69. The summed E-state index contributed by atoms with van der Waals surface area (Å²) in [5.74, 6) is 1.78. The molecule has 5 heteroatoms. The van der Waals surface area contributed by atoms with Gasteiger partial charge in [-0.15, -0.1) is 11.3 Å². The highest BCUT2D eigenvalue weighted by atomic mass is 32.2. The molecule has 0 bridgehead atoms. The van der Waals surface area contributed by atoms with E-state index in [-0.39, 0.29) is 5.91 Å². The van der Waals surface area contributed by atoms with Crippen molar-refractivity contribution < 1.29 is 4.79 Å². The fourth-order valence-corrected chi connectivity index (χ4v) is 4.67. The van der Waals surface area contributed by atoms with Crippen LogP contribution in [0.5, 0.6) is 0 Å². The van der Waals surface area contributed by atoms with Gasteiger partial charge < -0.3 is 0 Å². The average Bonchev–Trinajstić information content (AvgIpc) is 3.07. The van der Waals surface area contributed by atoms with Crippen LogP contribution in [0.15, 0.2) is 53.9 Å². The molecule has 1 amide bonds. The predicted molar refractivity (Wildman–Crippen MR) is 112 cm³/mol. The summed E-state index contributed by atoms with van der Waals surface area (Å²) in [5.41, 5.74) is 5.86. The third-order valence-electron chi connectivity index (χ3n) is 4.07. The molecule has 0 aliphatic rings. The van der Waals surface area contributed by atoms with Crippen molar-refractivity contribution in [3.8, 4) is 0 Å². The van der Waals surface area contributed by atoms with Crippen molar-refractivity contribution in [2.75, 3.05) is 4.90 Å². The van der Waals surface area contributed by atoms with Crippen LogP contribution in [0.2, 0.25) is 0 Å². The molecule has 0 saturated carbocycles. The largest absolute Gasteiger partial charge is 0.274 e. The molecule has 3 rings (SSSR count). The summed E-state index contributed by atoms with van der Waals surface area (Å²) in [4.78, 5) is 18.5. The number of hydrogen-bond acceptors (Lipinski definition) is 4. The van der Waals surface area contributed by atoms with Gasteiger partial charge in [-0.05, 0) is 37.1 Å². The summed E-state index contributed by atoms with van der Waals surface area (Å²) in [5, 5.41) is 2.77. The topological polar surface area (TPSA) is 33.2 Å². The monoisotopic (exact) mass is 382 g/mol. The van der Waals surface area contributed by atoms with Gasteiger partial charge in [0.15, 0.2) is 5.13 Å². The summed E-state index contributed by atoms with van der Waals surface area (Å²) in [6, 6.07) is 16.2. The number of rotatable bonds is 6. The summed E-state index contributed by atoms with van der Waals surface area (Å²) in [7, 11) is 0. The van der Waals surface area contributed by atoms with Crippen molar-refractivity contribution in [3.63, 3.8) is 0 Å². The maximum Gasteiger partial charge on any atom is 0.230 e. The van der Waals surface area contributed by atoms with Gasteiger partial charge in [-0.1, -0.05) is 42.0 Å². The molecule has 1 heterocycles. The molecule has 0 fully saturated rings. The van der Waals surface area contributed by atoms with Crippen LogP contribution in [0, 0.1) is 13.8 Å². The number of benzene rings is 2. The first kappa shape index (κ1) is 18.7. The van der Waals surface area contributed by atoms with Crippen molar-refractivity contribution in [2.24, 2.45) is 0 Å². The SMILES string of the molecule is CC(=O)N(c1ccccc1)c1nc(CSCc2cc(C)ccc2C)cs1. The second-order valence-electron chi connectivity index (χ2n) is 6.23. The highest BCUT2D eigenvalue weighted by Gasteiger charge is 2.17. The number of aryl methyl sites for hydroxylation is 2. The van der Waals surface area contributed by atoms with E-state index in [4.69, 9.17) is 0 Å². The van der Waals surface area contributed by atoms with Crippen LogP contribution in [0.4, 0.5) is 10.8 Å². The van der Waals surface area contributed by atoms with Gasteiger partial charge in [0, 0.05) is 23.8 Å². The maximum atomic E-state index is 12.1. The summed E-state index contributed by atoms with van der Waals surface area (Å²) < 4.78 is 0. The van der Waals surface area contributed by atoms with E-state index in [1.807, 2.05) is 47.5 Å². The zero-order chi connectivity index (χ0) is 18.5. The molecule has 0 saturated heterocycles. The molecule has 3 nitrogen and oxygen atoms in total. The van der Waals surface area contributed by atoms with Gasteiger partial charge in [0.05, 0.1) is 11.4 Å². The minimum atomic E-state index is -0.0276. The fraction of sp³-hybridized carbons (Fsp3) is 0.238. The molecule has 0 spiro atoms. The number of aromatic nitrogens is 1. The van der Waals surface area contributed by atoms with Gasteiger partial charge in [-0.2, -0.15) is 11.8 Å².